The number of ether oxygens (including phenoxy) is 2. The van der Waals surface area contributed by atoms with Crippen LogP contribution in [0.4, 0.5) is 0 Å². The smallest absolute Gasteiger partial charge is 0.306 e. The van der Waals surface area contributed by atoms with Gasteiger partial charge in [0.25, 0.3) is 0 Å². The van der Waals surface area contributed by atoms with Gasteiger partial charge in [-0.3, -0.25) is 4.79 Å². The minimum Gasteiger partial charge on any atom is -0.481 e. The molecule has 2 aromatic carbocycles. The van der Waals surface area contributed by atoms with E-state index in [1.165, 1.54) is 0 Å². The highest BCUT2D eigenvalue weighted by molar-refractivity contribution is 7.99. The SMILES string of the molecule is O=C(O)C1CCOC(CSc2ccc(Oc3ccc(Cl)cc3)cc2)C1. The summed E-state index contributed by atoms with van der Waals surface area (Å²) < 4.78 is 11.4. The average Bonchev–Trinajstić information content (AvgIpc) is 2.63. The minimum atomic E-state index is -0.720. The van der Waals surface area contributed by atoms with Gasteiger partial charge in [0.15, 0.2) is 0 Å². The Morgan fingerprint density at radius 2 is 1.80 bits per heavy atom. The summed E-state index contributed by atoms with van der Waals surface area (Å²) in [6.07, 6.45) is 1.18. The average molecular weight is 379 g/mol. The van der Waals surface area contributed by atoms with Crippen molar-refractivity contribution in [3.63, 3.8) is 0 Å². The van der Waals surface area contributed by atoms with Crippen LogP contribution in [-0.2, 0) is 9.53 Å². The molecule has 0 radical (unpaired) electrons. The number of carboxylic acid groups (broad SMARTS) is 1. The van der Waals surface area contributed by atoms with Gasteiger partial charge < -0.3 is 14.6 Å². The molecule has 0 aliphatic carbocycles. The van der Waals surface area contributed by atoms with E-state index >= 15 is 0 Å². The summed E-state index contributed by atoms with van der Waals surface area (Å²) in [5.41, 5.74) is 0. The van der Waals surface area contributed by atoms with Crippen molar-refractivity contribution < 1.29 is 19.4 Å². The van der Waals surface area contributed by atoms with Gasteiger partial charge >= 0.3 is 5.97 Å². The number of benzene rings is 2. The second-order valence-electron chi connectivity index (χ2n) is 5.89. The predicted octanol–water partition coefficient (Wildman–Crippen LogP) is 5.10. The van der Waals surface area contributed by atoms with Crippen molar-refractivity contribution in [3.8, 4) is 11.5 Å². The Bertz CT molecular complexity index is 702. The van der Waals surface area contributed by atoms with Crippen LogP contribution in [0.2, 0.25) is 5.02 Å². The zero-order valence-corrected chi connectivity index (χ0v) is 15.1. The fourth-order valence-corrected chi connectivity index (χ4v) is 3.72. The quantitative estimate of drug-likeness (QED) is 0.708. The molecular weight excluding hydrogens is 360 g/mol. The second-order valence-corrected chi connectivity index (χ2v) is 7.42. The first-order valence-corrected chi connectivity index (χ1v) is 9.47. The Kier molecular flexibility index (Phi) is 6.24. The predicted molar refractivity (Wildman–Crippen MR) is 98.8 cm³/mol. The summed E-state index contributed by atoms with van der Waals surface area (Å²) in [5, 5.41) is 9.80. The van der Waals surface area contributed by atoms with Crippen molar-refractivity contribution in [2.45, 2.75) is 23.8 Å². The first kappa shape index (κ1) is 18.1. The number of carboxylic acids is 1. The molecule has 2 atom stereocenters. The molecule has 4 nitrogen and oxygen atoms in total. The van der Waals surface area contributed by atoms with E-state index in [0.717, 1.165) is 22.1 Å². The molecule has 25 heavy (non-hydrogen) atoms. The fourth-order valence-electron chi connectivity index (χ4n) is 2.65. The summed E-state index contributed by atoms with van der Waals surface area (Å²) in [4.78, 5) is 12.2. The van der Waals surface area contributed by atoms with Crippen molar-refractivity contribution in [1.29, 1.82) is 0 Å². The monoisotopic (exact) mass is 378 g/mol. The molecule has 1 heterocycles. The lowest BCUT2D eigenvalue weighted by Crippen LogP contribution is -2.31. The Morgan fingerprint density at radius 1 is 1.16 bits per heavy atom. The van der Waals surface area contributed by atoms with Crippen molar-refractivity contribution >= 4 is 29.3 Å². The molecule has 2 aromatic rings. The highest BCUT2D eigenvalue weighted by Crippen LogP contribution is 2.29. The topological polar surface area (TPSA) is 55.8 Å². The van der Waals surface area contributed by atoms with E-state index in [1.807, 2.05) is 36.4 Å². The molecule has 0 saturated carbocycles. The van der Waals surface area contributed by atoms with Crippen LogP contribution in [0.5, 0.6) is 11.5 Å². The van der Waals surface area contributed by atoms with E-state index in [1.54, 1.807) is 23.9 Å². The molecule has 1 fully saturated rings. The third-order valence-corrected chi connectivity index (χ3v) is 5.42. The van der Waals surface area contributed by atoms with Crippen molar-refractivity contribution in [2.75, 3.05) is 12.4 Å². The molecule has 0 amide bonds. The molecule has 1 aliphatic rings. The third kappa shape index (κ3) is 5.39. The van der Waals surface area contributed by atoms with Gasteiger partial charge in [0, 0.05) is 22.3 Å². The Morgan fingerprint density at radius 3 is 2.44 bits per heavy atom. The summed E-state index contributed by atoms with van der Waals surface area (Å²) in [6, 6.07) is 15.0. The van der Waals surface area contributed by atoms with Gasteiger partial charge in [-0.25, -0.2) is 0 Å². The Balaban J connectivity index is 1.50. The first-order chi connectivity index (χ1) is 12.1. The van der Waals surface area contributed by atoms with E-state index in [0.29, 0.717) is 24.5 Å². The van der Waals surface area contributed by atoms with Gasteiger partial charge in [0.1, 0.15) is 11.5 Å². The molecule has 0 bridgehead atoms. The van der Waals surface area contributed by atoms with Gasteiger partial charge in [-0.2, -0.15) is 0 Å². The maximum atomic E-state index is 11.1. The van der Waals surface area contributed by atoms with E-state index in [4.69, 9.17) is 26.2 Å². The van der Waals surface area contributed by atoms with Gasteiger partial charge in [-0.15, -0.1) is 11.8 Å². The highest BCUT2D eigenvalue weighted by atomic mass is 35.5. The molecule has 0 spiro atoms. The van der Waals surface area contributed by atoms with Crippen molar-refractivity contribution in [3.05, 3.63) is 53.6 Å². The van der Waals surface area contributed by atoms with Crippen LogP contribution in [0.15, 0.2) is 53.4 Å². The van der Waals surface area contributed by atoms with E-state index < -0.39 is 5.97 Å². The van der Waals surface area contributed by atoms with E-state index in [9.17, 15) is 4.79 Å². The Labute approximate surface area is 156 Å². The number of rotatable bonds is 6. The van der Waals surface area contributed by atoms with Gasteiger partial charge in [-0.05, 0) is 61.4 Å². The maximum absolute atomic E-state index is 11.1. The number of carbonyl (C=O) groups is 1. The summed E-state index contributed by atoms with van der Waals surface area (Å²) in [5.74, 6) is 1.24. The van der Waals surface area contributed by atoms with Gasteiger partial charge in [0.05, 0.1) is 12.0 Å². The standard InChI is InChI=1S/C19H19ClO4S/c20-14-1-3-15(4-2-14)24-16-5-7-18(8-6-16)25-12-17-11-13(19(21)22)9-10-23-17/h1-8,13,17H,9-12H2,(H,21,22). The van der Waals surface area contributed by atoms with E-state index in [2.05, 4.69) is 0 Å². The molecule has 1 aliphatic heterocycles. The number of hydrogen-bond donors (Lipinski definition) is 1. The van der Waals surface area contributed by atoms with Crippen LogP contribution in [0.3, 0.4) is 0 Å². The van der Waals surface area contributed by atoms with Gasteiger partial charge in [-0.1, -0.05) is 11.6 Å². The zero-order valence-electron chi connectivity index (χ0n) is 13.6. The zero-order chi connectivity index (χ0) is 17.6. The van der Waals surface area contributed by atoms with Crippen LogP contribution in [0, 0.1) is 5.92 Å². The lowest BCUT2D eigenvalue weighted by atomic mass is 9.97. The fraction of sp³-hybridized carbons (Fsp3) is 0.316. The number of aliphatic carboxylic acids is 1. The van der Waals surface area contributed by atoms with Crippen LogP contribution in [-0.4, -0.2) is 29.5 Å². The summed E-state index contributed by atoms with van der Waals surface area (Å²) in [7, 11) is 0. The lowest BCUT2D eigenvalue weighted by molar-refractivity contribution is -0.146. The highest BCUT2D eigenvalue weighted by Gasteiger charge is 2.27. The van der Waals surface area contributed by atoms with Crippen LogP contribution in [0.1, 0.15) is 12.8 Å². The summed E-state index contributed by atoms with van der Waals surface area (Å²) >= 11 is 7.53. The molecular formula is C19H19ClO4S. The Hall–Kier alpha value is -1.69. The summed E-state index contributed by atoms with van der Waals surface area (Å²) in [6.45, 7) is 0.524. The van der Waals surface area contributed by atoms with Crippen LogP contribution >= 0.6 is 23.4 Å². The molecule has 6 heteroatoms. The molecule has 132 valence electrons. The first-order valence-electron chi connectivity index (χ1n) is 8.11. The molecule has 3 rings (SSSR count). The number of thioether (sulfide) groups is 1. The van der Waals surface area contributed by atoms with Crippen LogP contribution in [0.25, 0.3) is 0 Å². The third-order valence-electron chi connectivity index (χ3n) is 4.03. The second kappa shape index (κ2) is 8.61. The number of hydrogen-bond acceptors (Lipinski definition) is 4. The van der Waals surface area contributed by atoms with Crippen molar-refractivity contribution in [2.24, 2.45) is 5.92 Å². The molecule has 1 saturated heterocycles. The molecule has 1 N–H and O–H groups in total. The van der Waals surface area contributed by atoms with Crippen molar-refractivity contribution in [1.82, 2.24) is 0 Å². The minimum absolute atomic E-state index is 0.00940. The van der Waals surface area contributed by atoms with E-state index in [-0.39, 0.29) is 12.0 Å². The largest absolute Gasteiger partial charge is 0.481 e. The maximum Gasteiger partial charge on any atom is 0.306 e. The van der Waals surface area contributed by atoms with Crippen LogP contribution < -0.4 is 4.74 Å². The lowest BCUT2D eigenvalue weighted by Gasteiger charge is -2.26. The molecule has 0 aromatic heterocycles. The number of halogens is 1. The normalized spacial score (nSPS) is 20.2. The molecule has 2 unspecified atom stereocenters. The van der Waals surface area contributed by atoms with Gasteiger partial charge in [0.2, 0.25) is 0 Å².